The van der Waals surface area contributed by atoms with E-state index >= 15 is 0 Å². The summed E-state index contributed by atoms with van der Waals surface area (Å²) < 4.78 is 20.6. The first-order chi connectivity index (χ1) is 12.1. The van der Waals surface area contributed by atoms with E-state index in [2.05, 4.69) is 20.9 Å². The summed E-state index contributed by atoms with van der Waals surface area (Å²) in [6.07, 6.45) is 0. The summed E-state index contributed by atoms with van der Waals surface area (Å²) in [5.41, 5.74) is 0.848. The zero-order chi connectivity index (χ0) is 17.8. The van der Waals surface area contributed by atoms with Gasteiger partial charge in [0.25, 0.3) is 0 Å². The van der Waals surface area contributed by atoms with Crippen molar-refractivity contribution in [2.45, 2.75) is 13.5 Å². The summed E-state index contributed by atoms with van der Waals surface area (Å²) in [4.78, 5) is 17.7. The molecule has 7 heteroatoms. The molecule has 4 nitrogen and oxygen atoms in total. The molecular formula is C18H14BrFN2O2S. The number of halogens is 2. The molecule has 0 atom stereocenters. The Morgan fingerprint density at radius 3 is 2.68 bits per heavy atom. The fraction of sp³-hybridized carbons (Fsp3) is 0.111. The van der Waals surface area contributed by atoms with Crippen molar-refractivity contribution in [1.29, 1.82) is 0 Å². The molecule has 1 amide bonds. The van der Waals surface area contributed by atoms with Gasteiger partial charge in [-0.2, -0.15) is 0 Å². The summed E-state index contributed by atoms with van der Waals surface area (Å²) in [7, 11) is 0. The van der Waals surface area contributed by atoms with Crippen LogP contribution in [0.4, 0.5) is 15.2 Å². The maximum absolute atomic E-state index is 14.1. The van der Waals surface area contributed by atoms with Crippen LogP contribution in [0, 0.1) is 5.82 Å². The molecule has 0 bridgehead atoms. The topological polar surface area (TPSA) is 42.4 Å². The third-order valence-electron chi connectivity index (χ3n) is 3.35. The predicted molar refractivity (Wildman–Crippen MR) is 99.8 cm³/mol. The van der Waals surface area contributed by atoms with Gasteiger partial charge in [0.15, 0.2) is 5.13 Å². The second kappa shape index (κ2) is 7.76. The number of thiazole rings is 1. The van der Waals surface area contributed by atoms with E-state index in [9.17, 15) is 9.18 Å². The molecule has 128 valence electrons. The Labute approximate surface area is 157 Å². The van der Waals surface area contributed by atoms with E-state index in [0.717, 1.165) is 4.47 Å². The highest BCUT2D eigenvalue weighted by molar-refractivity contribution is 9.10. The molecule has 3 aromatic rings. The van der Waals surface area contributed by atoms with Crippen molar-refractivity contribution >= 4 is 44.0 Å². The van der Waals surface area contributed by atoms with Gasteiger partial charge in [0.1, 0.15) is 18.2 Å². The van der Waals surface area contributed by atoms with Crippen LogP contribution in [0.25, 0.3) is 0 Å². The van der Waals surface area contributed by atoms with E-state index in [1.807, 2.05) is 24.3 Å². The van der Waals surface area contributed by atoms with Gasteiger partial charge in [-0.3, -0.25) is 9.69 Å². The maximum atomic E-state index is 14.1. The second-order valence-corrected chi connectivity index (χ2v) is 6.84. The van der Waals surface area contributed by atoms with Gasteiger partial charge in [0.05, 0.1) is 15.9 Å². The summed E-state index contributed by atoms with van der Waals surface area (Å²) in [5, 5.41) is 2.20. The van der Waals surface area contributed by atoms with Crippen LogP contribution in [0.5, 0.6) is 5.75 Å². The van der Waals surface area contributed by atoms with Crippen LogP contribution in [0.3, 0.4) is 0 Å². The Bertz CT molecular complexity index is 900. The summed E-state index contributed by atoms with van der Waals surface area (Å²) in [6, 6.07) is 13.6. The first-order valence-electron chi connectivity index (χ1n) is 7.43. The number of anilines is 2. The van der Waals surface area contributed by atoms with Crippen molar-refractivity contribution in [1.82, 2.24) is 4.98 Å². The third kappa shape index (κ3) is 4.05. The van der Waals surface area contributed by atoms with Crippen LogP contribution in [0.15, 0.2) is 58.4 Å². The maximum Gasteiger partial charge on any atom is 0.230 e. The molecule has 0 aliphatic heterocycles. The molecule has 0 radical (unpaired) electrons. The average Bonchev–Trinajstić information content (AvgIpc) is 3.04. The molecule has 1 aromatic heterocycles. The first kappa shape index (κ1) is 17.6. The van der Waals surface area contributed by atoms with E-state index in [-0.39, 0.29) is 18.2 Å². The van der Waals surface area contributed by atoms with E-state index in [1.54, 1.807) is 23.6 Å². The van der Waals surface area contributed by atoms with Crippen molar-refractivity contribution in [3.05, 3.63) is 69.9 Å². The SMILES string of the molecule is CC(=O)N(c1nc(COc2ccccc2Br)cs1)c1ccccc1F. The van der Waals surface area contributed by atoms with Crippen molar-refractivity contribution in [2.75, 3.05) is 4.90 Å². The van der Waals surface area contributed by atoms with Gasteiger partial charge in [-0.25, -0.2) is 9.37 Å². The summed E-state index contributed by atoms with van der Waals surface area (Å²) in [5.74, 6) is -0.0776. The lowest BCUT2D eigenvalue weighted by atomic mass is 10.3. The number of amides is 1. The standard InChI is InChI=1S/C18H14BrFN2O2S/c1-12(23)22(16-8-4-3-7-15(16)20)18-21-13(11-25-18)10-24-17-9-5-2-6-14(17)19/h2-9,11H,10H2,1H3. The Morgan fingerprint density at radius 1 is 1.24 bits per heavy atom. The van der Waals surface area contributed by atoms with E-state index < -0.39 is 5.82 Å². The minimum atomic E-state index is -0.473. The highest BCUT2D eigenvalue weighted by Crippen LogP contribution is 2.31. The van der Waals surface area contributed by atoms with Gasteiger partial charge >= 0.3 is 0 Å². The number of carbonyl (C=O) groups is 1. The molecule has 3 rings (SSSR count). The Morgan fingerprint density at radius 2 is 1.96 bits per heavy atom. The molecule has 0 unspecified atom stereocenters. The van der Waals surface area contributed by atoms with Crippen LogP contribution in [0.1, 0.15) is 12.6 Å². The van der Waals surface area contributed by atoms with Crippen LogP contribution >= 0.6 is 27.3 Å². The lowest BCUT2D eigenvalue weighted by molar-refractivity contribution is -0.115. The van der Waals surface area contributed by atoms with E-state index in [4.69, 9.17) is 4.74 Å². The van der Waals surface area contributed by atoms with Crippen molar-refractivity contribution in [2.24, 2.45) is 0 Å². The number of aromatic nitrogens is 1. The molecule has 0 aliphatic rings. The Balaban J connectivity index is 1.80. The number of benzene rings is 2. The number of rotatable bonds is 5. The average molecular weight is 421 g/mol. The fourth-order valence-corrected chi connectivity index (χ4v) is 3.48. The molecule has 2 aromatic carbocycles. The van der Waals surface area contributed by atoms with Crippen LogP contribution in [-0.2, 0) is 11.4 Å². The number of para-hydroxylation sites is 2. The molecule has 0 spiro atoms. The highest BCUT2D eigenvalue weighted by Gasteiger charge is 2.20. The molecule has 1 heterocycles. The molecule has 0 N–H and O–H groups in total. The minimum Gasteiger partial charge on any atom is -0.486 e. The number of nitrogens with zero attached hydrogens (tertiary/aromatic N) is 2. The van der Waals surface area contributed by atoms with Gasteiger partial charge in [-0.05, 0) is 40.2 Å². The van der Waals surface area contributed by atoms with Gasteiger partial charge in [0.2, 0.25) is 5.91 Å². The quantitative estimate of drug-likeness (QED) is 0.561. The zero-order valence-corrected chi connectivity index (χ0v) is 15.7. The molecule has 25 heavy (non-hydrogen) atoms. The third-order valence-corrected chi connectivity index (χ3v) is 4.88. The number of carbonyl (C=O) groups excluding carboxylic acids is 1. The van der Waals surface area contributed by atoms with Crippen molar-refractivity contribution < 1.29 is 13.9 Å². The number of hydrogen-bond donors (Lipinski definition) is 0. The Hall–Kier alpha value is -2.25. The summed E-state index contributed by atoms with van der Waals surface area (Å²) in [6.45, 7) is 1.63. The van der Waals surface area contributed by atoms with E-state index in [0.29, 0.717) is 16.6 Å². The highest BCUT2D eigenvalue weighted by atomic mass is 79.9. The van der Waals surface area contributed by atoms with Crippen molar-refractivity contribution in [3.8, 4) is 5.75 Å². The smallest absolute Gasteiger partial charge is 0.230 e. The second-order valence-electron chi connectivity index (χ2n) is 5.15. The minimum absolute atomic E-state index is 0.183. The zero-order valence-electron chi connectivity index (χ0n) is 13.3. The van der Waals surface area contributed by atoms with Crippen LogP contribution < -0.4 is 9.64 Å². The molecule has 0 saturated heterocycles. The largest absolute Gasteiger partial charge is 0.486 e. The molecule has 0 aliphatic carbocycles. The van der Waals surface area contributed by atoms with Crippen LogP contribution in [-0.4, -0.2) is 10.9 Å². The van der Waals surface area contributed by atoms with Crippen molar-refractivity contribution in [3.63, 3.8) is 0 Å². The van der Waals surface area contributed by atoms with Gasteiger partial charge < -0.3 is 4.74 Å². The van der Waals surface area contributed by atoms with E-state index in [1.165, 1.54) is 29.2 Å². The number of ether oxygens (including phenoxy) is 1. The van der Waals surface area contributed by atoms with Gasteiger partial charge in [0, 0.05) is 12.3 Å². The predicted octanol–water partition coefficient (Wildman–Crippen LogP) is 5.31. The number of hydrogen-bond acceptors (Lipinski definition) is 4. The van der Waals surface area contributed by atoms with Gasteiger partial charge in [-0.15, -0.1) is 11.3 Å². The van der Waals surface area contributed by atoms with Gasteiger partial charge in [-0.1, -0.05) is 24.3 Å². The Kier molecular flexibility index (Phi) is 5.45. The first-order valence-corrected chi connectivity index (χ1v) is 9.10. The normalized spacial score (nSPS) is 10.5. The fourth-order valence-electron chi connectivity index (χ4n) is 2.22. The van der Waals surface area contributed by atoms with Crippen LogP contribution in [0.2, 0.25) is 0 Å². The molecule has 0 fully saturated rings. The molecule has 0 saturated carbocycles. The monoisotopic (exact) mass is 420 g/mol. The lowest BCUT2D eigenvalue weighted by Crippen LogP contribution is -2.23. The summed E-state index contributed by atoms with van der Waals surface area (Å²) >= 11 is 4.68. The lowest BCUT2D eigenvalue weighted by Gasteiger charge is -2.18. The molecular weight excluding hydrogens is 407 g/mol.